The van der Waals surface area contributed by atoms with E-state index >= 15 is 0 Å². The largest absolute Gasteiger partial charge is 0.497 e. The Morgan fingerprint density at radius 1 is 1.42 bits per heavy atom. The topological polar surface area (TPSA) is 84.9 Å². The van der Waals surface area contributed by atoms with Gasteiger partial charge in [0.1, 0.15) is 11.9 Å². The van der Waals surface area contributed by atoms with Crippen LogP contribution in [0.15, 0.2) is 18.2 Å². The Balaban J connectivity index is 2.94. The van der Waals surface area contributed by atoms with Gasteiger partial charge in [-0.1, -0.05) is 0 Å². The first-order valence-electron chi connectivity index (χ1n) is 5.83. The number of hydrogen-bond acceptors (Lipinski definition) is 4. The zero-order chi connectivity index (χ0) is 14.4. The normalized spacial score (nSPS) is 11.7. The van der Waals surface area contributed by atoms with Crippen LogP contribution in [0.5, 0.6) is 5.75 Å². The van der Waals surface area contributed by atoms with Crippen LogP contribution in [0.1, 0.15) is 24.2 Å². The summed E-state index contributed by atoms with van der Waals surface area (Å²) in [5, 5.41) is 11.6. The third-order valence-corrected chi connectivity index (χ3v) is 2.50. The van der Waals surface area contributed by atoms with Crippen molar-refractivity contribution < 1.29 is 24.2 Å². The molecule has 0 aliphatic carbocycles. The molecular formula is C13H17NO5. The van der Waals surface area contributed by atoms with Crippen LogP contribution in [0, 0.1) is 0 Å². The summed E-state index contributed by atoms with van der Waals surface area (Å²) < 4.78 is 10.1. The zero-order valence-electron chi connectivity index (χ0n) is 11.1. The van der Waals surface area contributed by atoms with Gasteiger partial charge in [-0.2, -0.15) is 0 Å². The number of benzene rings is 1. The van der Waals surface area contributed by atoms with Crippen molar-refractivity contribution in [2.75, 3.05) is 19.0 Å². The lowest BCUT2D eigenvalue weighted by atomic mass is 10.1. The zero-order valence-corrected chi connectivity index (χ0v) is 11.1. The number of nitrogens with one attached hydrogen (secondary N) is 1. The van der Waals surface area contributed by atoms with Crippen molar-refractivity contribution in [3.8, 4) is 5.75 Å². The lowest BCUT2D eigenvalue weighted by Gasteiger charge is -2.14. The number of carboxylic acids is 1. The van der Waals surface area contributed by atoms with Crippen molar-refractivity contribution in [3.05, 3.63) is 23.8 Å². The molecule has 1 rings (SSSR count). The van der Waals surface area contributed by atoms with E-state index in [-0.39, 0.29) is 11.3 Å². The van der Waals surface area contributed by atoms with Gasteiger partial charge in [0.15, 0.2) is 0 Å². The molecule has 6 nitrogen and oxygen atoms in total. The van der Waals surface area contributed by atoms with Crippen molar-refractivity contribution in [3.63, 3.8) is 0 Å². The molecule has 0 spiro atoms. The van der Waals surface area contributed by atoms with Gasteiger partial charge >= 0.3 is 5.97 Å². The quantitative estimate of drug-likeness (QED) is 0.820. The number of carbonyl (C=O) groups is 2. The number of anilines is 1. The molecule has 0 radical (unpaired) electrons. The minimum atomic E-state index is -1.14. The SMILES string of the molecule is CCOC(C)C(=O)Nc1ccc(OC)cc1C(=O)O. The lowest BCUT2D eigenvalue weighted by molar-refractivity contribution is -0.126. The monoisotopic (exact) mass is 267 g/mol. The highest BCUT2D eigenvalue weighted by Gasteiger charge is 2.17. The second-order valence-electron chi connectivity index (χ2n) is 3.80. The van der Waals surface area contributed by atoms with E-state index in [1.165, 1.54) is 19.2 Å². The van der Waals surface area contributed by atoms with Gasteiger partial charge in [0.25, 0.3) is 5.91 Å². The molecule has 0 aromatic heterocycles. The van der Waals surface area contributed by atoms with Crippen LogP contribution in [0.4, 0.5) is 5.69 Å². The molecule has 19 heavy (non-hydrogen) atoms. The van der Waals surface area contributed by atoms with Gasteiger partial charge in [-0.15, -0.1) is 0 Å². The summed E-state index contributed by atoms with van der Waals surface area (Å²) in [6, 6.07) is 4.41. The third-order valence-electron chi connectivity index (χ3n) is 2.50. The Morgan fingerprint density at radius 2 is 2.11 bits per heavy atom. The Morgan fingerprint density at radius 3 is 2.63 bits per heavy atom. The number of carboxylic acid groups (broad SMARTS) is 1. The predicted molar refractivity (Wildman–Crippen MR) is 69.7 cm³/mol. The second kappa shape index (κ2) is 6.75. The molecule has 0 saturated heterocycles. The van der Waals surface area contributed by atoms with Crippen LogP contribution < -0.4 is 10.1 Å². The number of aromatic carboxylic acids is 1. The number of methoxy groups -OCH3 is 1. The van der Waals surface area contributed by atoms with E-state index in [4.69, 9.17) is 14.6 Å². The second-order valence-corrected chi connectivity index (χ2v) is 3.80. The third kappa shape index (κ3) is 3.96. The Bertz CT molecular complexity index is 472. The molecule has 104 valence electrons. The molecule has 0 saturated carbocycles. The van der Waals surface area contributed by atoms with E-state index in [0.29, 0.717) is 12.4 Å². The first-order valence-corrected chi connectivity index (χ1v) is 5.83. The molecule has 0 aliphatic rings. The predicted octanol–water partition coefficient (Wildman–Crippen LogP) is 1.76. The molecule has 1 unspecified atom stereocenters. The molecule has 6 heteroatoms. The molecular weight excluding hydrogens is 250 g/mol. The first-order chi connectivity index (χ1) is 8.99. The minimum Gasteiger partial charge on any atom is -0.497 e. The van der Waals surface area contributed by atoms with Gasteiger partial charge in [-0.25, -0.2) is 4.79 Å². The van der Waals surface area contributed by atoms with Crippen molar-refractivity contribution in [2.45, 2.75) is 20.0 Å². The molecule has 1 atom stereocenters. The Hall–Kier alpha value is -2.08. The summed E-state index contributed by atoms with van der Waals surface area (Å²) in [7, 11) is 1.44. The highest BCUT2D eigenvalue weighted by Crippen LogP contribution is 2.22. The van der Waals surface area contributed by atoms with Gasteiger partial charge in [0, 0.05) is 6.61 Å². The fourth-order valence-electron chi connectivity index (χ4n) is 1.50. The summed E-state index contributed by atoms with van der Waals surface area (Å²) in [6.45, 7) is 3.78. The van der Waals surface area contributed by atoms with Crippen molar-refractivity contribution in [2.24, 2.45) is 0 Å². The van der Waals surface area contributed by atoms with Crippen molar-refractivity contribution in [1.82, 2.24) is 0 Å². The Kier molecular flexibility index (Phi) is 5.32. The van der Waals surface area contributed by atoms with E-state index in [2.05, 4.69) is 5.32 Å². The van der Waals surface area contributed by atoms with Gasteiger partial charge < -0.3 is 19.9 Å². The van der Waals surface area contributed by atoms with Gasteiger partial charge in [-0.3, -0.25) is 4.79 Å². The van der Waals surface area contributed by atoms with Crippen LogP contribution in [-0.4, -0.2) is 36.8 Å². The molecule has 0 heterocycles. The van der Waals surface area contributed by atoms with E-state index < -0.39 is 18.0 Å². The number of hydrogen-bond donors (Lipinski definition) is 2. The summed E-state index contributed by atoms with van der Waals surface area (Å²) in [6.07, 6.45) is -0.645. The van der Waals surface area contributed by atoms with Crippen molar-refractivity contribution >= 4 is 17.6 Å². The number of ether oxygens (including phenoxy) is 2. The molecule has 2 N–H and O–H groups in total. The van der Waals surface area contributed by atoms with Gasteiger partial charge in [0.05, 0.1) is 18.4 Å². The summed E-state index contributed by atoms with van der Waals surface area (Å²) in [5.74, 6) is -1.12. The van der Waals surface area contributed by atoms with Crippen molar-refractivity contribution in [1.29, 1.82) is 0 Å². The van der Waals surface area contributed by atoms with E-state index in [1.807, 2.05) is 0 Å². The maximum absolute atomic E-state index is 11.8. The fraction of sp³-hybridized carbons (Fsp3) is 0.385. The van der Waals surface area contributed by atoms with E-state index in [1.54, 1.807) is 19.9 Å². The number of amides is 1. The van der Waals surface area contributed by atoms with Crippen LogP contribution in [0.2, 0.25) is 0 Å². The average molecular weight is 267 g/mol. The van der Waals surface area contributed by atoms with Crippen LogP contribution in [-0.2, 0) is 9.53 Å². The van der Waals surface area contributed by atoms with E-state index in [9.17, 15) is 9.59 Å². The van der Waals surface area contributed by atoms with Crippen LogP contribution >= 0.6 is 0 Å². The number of carbonyl (C=O) groups excluding carboxylic acids is 1. The molecule has 0 aliphatic heterocycles. The summed E-state index contributed by atoms with van der Waals surface area (Å²) in [4.78, 5) is 22.9. The highest BCUT2D eigenvalue weighted by atomic mass is 16.5. The maximum Gasteiger partial charge on any atom is 0.337 e. The minimum absolute atomic E-state index is 0.0311. The molecule has 0 fully saturated rings. The smallest absolute Gasteiger partial charge is 0.337 e. The molecule has 0 bridgehead atoms. The summed E-state index contributed by atoms with van der Waals surface area (Å²) in [5.41, 5.74) is 0.182. The van der Waals surface area contributed by atoms with Gasteiger partial charge in [-0.05, 0) is 32.0 Å². The van der Waals surface area contributed by atoms with E-state index in [0.717, 1.165) is 0 Å². The highest BCUT2D eigenvalue weighted by molar-refractivity contribution is 6.02. The lowest BCUT2D eigenvalue weighted by Crippen LogP contribution is -2.28. The first kappa shape index (κ1) is 15.0. The standard InChI is InChI=1S/C13H17NO5/c1-4-19-8(2)12(15)14-11-6-5-9(18-3)7-10(11)13(16)17/h5-8H,4H2,1-3H3,(H,14,15)(H,16,17). The maximum atomic E-state index is 11.8. The fourth-order valence-corrected chi connectivity index (χ4v) is 1.50. The molecule has 1 aromatic rings. The molecule has 1 amide bonds. The van der Waals surface area contributed by atoms with Crippen LogP contribution in [0.25, 0.3) is 0 Å². The molecule has 1 aromatic carbocycles. The Labute approximate surface area is 111 Å². The average Bonchev–Trinajstić information content (AvgIpc) is 2.39. The number of rotatable bonds is 6. The summed E-state index contributed by atoms with van der Waals surface area (Å²) >= 11 is 0. The van der Waals surface area contributed by atoms with Gasteiger partial charge in [0.2, 0.25) is 0 Å². The van der Waals surface area contributed by atoms with Crippen LogP contribution in [0.3, 0.4) is 0 Å².